The standard InChI is InChI=1S/C22H20N4O5/c1-28-19-8-13(9-20(29-2)21(19)30-3)11-24-25-22(27)17-10-18(31-26-17)15-12-23-16-7-5-4-6-14(15)16/h4-12,23H,1-3H3,(H,25,27). The summed E-state index contributed by atoms with van der Waals surface area (Å²) in [4.78, 5) is 15.6. The van der Waals surface area contributed by atoms with Crippen molar-refractivity contribution < 1.29 is 23.5 Å². The van der Waals surface area contributed by atoms with Gasteiger partial charge in [0, 0.05) is 34.3 Å². The van der Waals surface area contributed by atoms with Crippen LogP contribution >= 0.6 is 0 Å². The Morgan fingerprint density at radius 3 is 2.55 bits per heavy atom. The van der Waals surface area contributed by atoms with Crippen LogP contribution in [-0.2, 0) is 0 Å². The number of methoxy groups -OCH3 is 3. The normalized spacial score (nSPS) is 11.1. The number of carbonyl (C=O) groups excluding carboxylic acids is 1. The second-order valence-electron chi connectivity index (χ2n) is 6.48. The maximum atomic E-state index is 12.4. The SMILES string of the molecule is COc1cc(C=NNC(=O)c2cc(-c3c[nH]c4ccccc34)on2)cc(OC)c1OC. The maximum Gasteiger partial charge on any atom is 0.293 e. The van der Waals surface area contributed by atoms with E-state index < -0.39 is 5.91 Å². The molecule has 0 saturated heterocycles. The number of nitrogens with zero attached hydrogens (tertiary/aromatic N) is 2. The molecule has 0 radical (unpaired) electrons. The number of H-pyrrole nitrogens is 1. The molecule has 0 aliphatic carbocycles. The van der Waals surface area contributed by atoms with E-state index >= 15 is 0 Å². The van der Waals surface area contributed by atoms with E-state index in [0.29, 0.717) is 28.6 Å². The number of amides is 1. The first-order valence-corrected chi connectivity index (χ1v) is 9.31. The lowest BCUT2D eigenvalue weighted by molar-refractivity contribution is 0.0946. The van der Waals surface area contributed by atoms with Gasteiger partial charge in [0.15, 0.2) is 23.0 Å². The zero-order chi connectivity index (χ0) is 21.8. The summed E-state index contributed by atoms with van der Waals surface area (Å²) in [5.41, 5.74) is 4.98. The minimum atomic E-state index is -0.501. The number of ether oxygens (including phenoxy) is 3. The highest BCUT2D eigenvalue weighted by atomic mass is 16.5. The molecule has 0 aliphatic heterocycles. The van der Waals surface area contributed by atoms with Gasteiger partial charge in [-0.15, -0.1) is 0 Å². The van der Waals surface area contributed by atoms with E-state index in [0.717, 1.165) is 16.5 Å². The fourth-order valence-electron chi connectivity index (χ4n) is 3.18. The lowest BCUT2D eigenvalue weighted by Gasteiger charge is -2.12. The van der Waals surface area contributed by atoms with E-state index in [1.165, 1.54) is 27.5 Å². The third-order valence-corrected chi connectivity index (χ3v) is 4.66. The molecule has 9 heteroatoms. The fourth-order valence-corrected chi connectivity index (χ4v) is 3.18. The number of hydrogen-bond donors (Lipinski definition) is 2. The Morgan fingerprint density at radius 2 is 1.84 bits per heavy atom. The van der Waals surface area contributed by atoms with Crippen LogP contribution in [0.2, 0.25) is 0 Å². The average molecular weight is 420 g/mol. The predicted molar refractivity (Wildman–Crippen MR) is 115 cm³/mol. The third kappa shape index (κ3) is 3.93. The van der Waals surface area contributed by atoms with E-state index in [-0.39, 0.29) is 5.69 Å². The highest BCUT2D eigenvalue weighted by Crippen LogP contribution is 2.37. The van der Waals surface area contributed by atoms with E-state index in [4.69, 9.17) is 18.7 Å². The minimum Gasteiger partial charge on any atom is -0.493 e. The second-order valence-corrected chi connectivity index (χ2v) is 6.48. The second kappa shape index (κ2) is 8.62. The highest BCUT2D eigenvalue weighted by Gasteiger charge is 2.16. The number of nitrogens with one attached hydrogen (secondary N) is 2. The Balaban J connectivity index is 1.49. The molecule has 4 aromatic rings. The van der Waals surface area contributed by atoms with Crippen molar-refractivity contribution in [3.8, 4) is 28.6 Å². The number of aromatic amines is 1. The summed E-state index contributed by atoms with van der Waals surface area (Å²) in [5.74, 6) is 1.41. The molecule has 31 heavy (non-hydrogen) atoms. The Labute approximate surface area is 177 Å². The molecule has 9 nitrogen and oxygen atoms in total. The maximum absolute atomic E-state index is 12.4. The van der Waals surface area contributed by atoms with Crippen molar-refractivity contribution in [3.63, 3.8) is 0 Å². The molecule has 2 aromatic carbocycles. The van der Waals surface area contributed by atoms with Gasteiger partial charge in [-0.2, -0.15) is 5.10 Å². The first kappa shape index (κ1) is 20.0. The molecule has 0 unspecified atom stereocenters. The molecule has 2 heterocycles. The zero-order valence-electron chi connectivity index (χ0n) is 17.1. The fraction of sp³-hybridized carbons (Fsp3) is 0.136. The monoisotopic (exact) mass is 420 g/mol. The van der Waals surface area contributed by atoms with Crippen LogP contribution in [0.5, 0.6) is 17.2 Å². The largest absolute Gasteiger partial charge is 0.493 e. The van der Waals surface area contributed by atoms with Gasteiger partial charge in [0.1, 0.15) is 0 Å². The topological polar surface area (TPSA) is 111 Å². The van der Waals surface area contributed by atoms with Gasteiger partial charge in [-0.3, -0.25) is 4.79 Å². The van der Waals surface area contributed by atoms with Gasteiger partial charge in [0.2, 0.25) is 5.75 Å². The van der Waals surface area contributed by atoms with Gasteiger partial charge in [-0.1, -0.05) is 23.4 Å². The van der Waals surface area contributed by atoms with Gasteiger partial charge >= 0.3 is 0 Å². The number of carbonyl (C=O) groups is 1. The smallest absolute Gasteiger partial charge is 0.293 e. The van der Waals surface area contributed by atoms with Crippen LogP contribution in [-0.4, -0.2) is 43.6 Å². The summed E-state index contributed by atoms with van der Waals surface area (Å²) in [6.45, 7) is 0. The van der Waals surface area contributed by atoms with Crippen molar-refractivity contribution in [2.75, 3.05) is 21.3 Å². The molecular weight excluding hydrogens is 400 g/mol. The van der Waals surface area contributed by atoms with Crippen LogP contribution in [0.3, 0.4) is 0 Å². The van der Waals surface area contributed by atoms with Crippen LogP contribution in [0.1, 0.15) is 16.1 Å². The molecule has 0 bridgehead atoms. The van der Waals surface area contributed by atoms with Gasteiger partial charge in [0.25, 0.3) is 5.91 Å². The van der Waals surface area contributed by atoms with E-state index in [9.17, 15) is 4.79 Å². The van der Waals surface area contributed by atoms with Gasteiger partial charge < -0.3 is 23.7 Å². The number of hydrogen-bond acceptors (Lipinski definition) is 7. The Kier molecular flexibility index (Phi) is 5.57. The summed E-state index contributed by atoms with van der Waals surface area (Å²) < 4.78 is 21.3. The lowest BCUT2D eigenvalue weighted by atomic mass is 10.1. The summed E-state index contributed by atoms with van der Waals surface area (Å²) >= 11 is 0. The third-order valence-electron chi connectivity index (χ3n) is 4.66. The summed E-state index contributed by atoms with van der Waals surface area (Å²) in [5, 5.41) is 8.81. The van der Waals surface area contributed by atoms with Crippen LogP contribution < -0.4 is 19.6 Å². The lowest BCUT2D eigenvalue weighted by Crippen LogP contribution is -2.17. The van der Waals surface area contributed by atoms with Crippen LogP contribution in [0.4, 0.5) is 0 Å². The predicted octanol–water partition coefficient (Wildman–Crippen LogP) is 3.61. The van der Waals surface area contributed by atoms with E-state index in [2.05, 4.69) is 20.7 Å². The molecule has 0 atom stereocenters. The van der Waals surface area contributed by atoms with Gasteiger partial charge in [0.05, 0.1) is 27.5 Å². The number of hydrazone groups is 1. The first-order chi connectivity index (χ1) is 15.1. The number of para-hydroxylation sites is 1. The van der Waals surface area contributed by atoms with Crippen molar-refractivity contribution >= 4 is 23.0 Å². The number of fused-ring (bicyclic) bond motifs is 1. The number of benzene rings is 2. The summed E-state index contributed by atoms with van der Waals surface area (Å²) in [6.07, 6.45) is 3.28. The zero-order valence-corrected chi connectivity index (χ0v) is 17.1. The summed E-state index contributed by atoms with van der Waals surface area (Å²) in [7, 11) is 4.57. The van der Waals surface area contributed by atoms with Gasteiger partial charge in [-0.25, -0.2) is 5.43 Å². The average Bonchev–Trinajstić information content (AvgIpc) is 3.45. The van der Waals surface area contributed by atoms with Crippen LogP contribution in [0.15, 0.2) is 58.3 Å². The molecule has 0 fully saturated rings. The number of aromatic nitrogens is 2. The quantitative estimate of drug-likeness (QED) is 0.349. The van der Waals surface area contributed by atoms with E-state index in [1.807, 2.05) is 30.5 Å². The molecule has 0 spiro atoms. The van der Waals surface area contributed by atoms with Crippen molar-refractivity contribution in [2.24, 2.45) is 5.10 Å². The Hall–Kier alpha value is -4.27. The minimum absolute atomic E-state index is 0.113. The van der Waals surface area contributed by atoms with Crippen molar-refractivity contribution in [2.45, 2.75) is 0 Å². The molecule has 158 valence electrons. The van der Waals surface area contributed by atoms with Crippen LogP contribution in [0, 0.1) is 0 Å². The molecule has 4 rings (SSSR count). The van der Waals surface area contributed by atoms with Crippen molar-refractivity contribution in [3.05, 3.63) is 59.9 Å². The first-order valence-electron chi connectivity index (χ1n) is 9.31. The molecule has 2 N–H and O–H groups in total. The number of rotatable bonds is 7. The highest BCUT2D eigenvalue weighted by molar-refractivity contribution is 5.97. The Bertz CT molecular complexity index is 1230. The summed E-state index contributed by atoms with van der Waals surface area (Å²) in [6, 6.07) is 12.8. The molecule has 0 saturated carbocycles. The molecule has 0 aliphatic rings. The van der Waals surface area contributed by atoms with Crippen molar-refractivity contribution in [1.29, 1.82) is 0 Å². The molecular formula is C22H20N4O5. The molecule has 2 aromatic heterocycles. The van der Waals surface area contributed by atoms with Crippen LogP contribution in [0.25, 0.3) is 22.2 Å². The van der Waals surface area contributed by atoms with Gasteiger partial charge in [-0.05, 0) is 18.2 Å². The van der Waals surface area contributed by atoms with E-state index in [1.54, 1.807) is 18.2 Å². The molecule has 1 amide bonds. The van der Waals surface area contributed by atoms with Crippen molar-refractivity contribution in [1.82, 2.24) is 15.6 Å². The Morgan fingerprint density at radius 1 is 1.10 bits per heavy atom.